The van der Waals surface area contributed by atoms with Gasteiger partial charge in [-0.1, -0.05) is 51.5 Å². The summed E-state index contributed by atoms with van der Waals surface area (Å²) in [4.78, 5) is 15.9. The number of carbonyl (C=O) groups excluding carboxylic acids is 1. The van der Waals surface area contributed by atoms with E-state index in [9.17, 15) is 13.6 Å². The first-order chi connectivity index (χ1) is 21.4. The Labute approximate surface area is 261 Å². The molecule has 3 aromatic rings. The molecule has 0 radical (unpaired) electrons. The minimum absolute atomic E-state index is 0.112. The Kier molecular flexibility index (Phi) is 9.56. The molecule has 3 aliphatic rings. The fourth-order valence-corrected chi connectivity index (χ4v) is 8.44. The normalized spacial score (nSPS) is 21.7. The lowest BCUT2D eigenvalue weighted by atomic mass is 9.85. The van der Waals surface area contributed by atoms with Crippen LogP contribution >= 0.6 is 0 Å². The van der Waals surface area contributed by atoms with Crippen molar-refractivity contribution in [3.8, 4) is 0 Å². The SMILES string of the molecule is CCCCC(NC)C(=O)N1CCC[C@H]1Cc1c2n(c3cc(F)ccc13)CCCc1cc(F)ccc1/C(CC1CCCC1)=C/2C. The third-order valence-electron chi connectivity index (χ3n) is 10.7. The van der Waals surface area contributed by atoms with Gasteiger partial charge < -0.3 is 14.8 Å². The summed E-state index contributed by atoms with van der Waals surface area (Å²) >= 11 is 0. The average Bonchev–Trinajstić information content (AvgIpc) is 3.77. The van der Waals surface area contributed by atoms with E-state index in [0.717, 1.165) is 87.3 Å². The van der Waals surface area contributed by atoms with Crippen LogP contribution in [0.2, 0.25) is 0 Å². The van der Waals surface area contributed by atoms with E-state index in [4.69, 9.17) is 0 Å². The van der Waals surface area contributed by atoms with E-state index in [0.29, 0.717) is 5.92 Å². The highest BCUT2D eigenvalue weighted by atomic mass is 19.1. The highest BCUT2D eigenvalue weighted by molar-refractivity contribution is 5.97. The Hall–Kier alpha value is -2.99. The number of unbranched alkanes of at least 4 members (excludes halogenated alkanes) is 1. The molecule has 2 atom stereocenters. The van der Waals surface area contributed by atoms with Crippen LogP contribution < -0.4 is 5.32 Å². The summed E-state index contributed by atoms with van der Waals surface area (Å²) < 4.78 is 31.8. The molecule has 1 aliphatic carbocycles. The molecule has 1 N–H and O–H groups in total. The lowest BCUT2D eigenvalue weighted by Gasteiger charge is -2.29. The van der Waals surface area contributed by atoms with Crippen molar-refractivity contribution < 1.29 is 13.6 Å². The Bertz CT molecular complexity index is 1530. The number of allylic oxidation sites excluding steroid dienone is 2. The van der Waals surface area contributed by atoms with Crippen molar-refractivity contribution in [3.05, 3.63) is 70.4 Å². The van der Waals surface area contributed by atoms with Gasteiger partial charge in [-0.05, 0) is 123 Å². The number of carbonyl (C=O) groups is 1. The van der Waals surface area contributed by atoms with Gasteiger partial charge in [-0.3, -0.25) is 4.79 Å². The number of benzene rings is 2. The Morgan fingerprint density at radius 2 is 1.75 bits per heavy atom. The molecule has 6 rings (SSSR count). The van der Waals surface area contributed by atoms with Crippen LogP contribution in [0, 0.1) is 17.6 Å². The molecule has 1 aromatic heterocycles. The molecular weight excluding hydrogens is 552 g/mol. The van der Waals surface area contributed by atoms with E-state index in [2.05, 4.69) is 28.6 Å². The Balaban J connectivity index is 1.49. The zero-order chi connectivity index (χ0) is 30.8. The smallest absolute Gasteiger partial charge is 0.239 e. The van der Waals surface area contributed by atoms with Gasteiger partial charge in [0.25, 0.3) is 0 Å². The number of likely N-dealkylation sites (N-methyl/N-ethyl adjacent to an activating group) is 1. The summed E-state index contributed by atoms with van der Waals surface area (Å²) in [5, 5.41) is 4.38. The Morgan fingerprint density at radius 3 is 2.52 bits per heavy atom. The van der Waals surface area contributed by atoms with Crippen molar-refractivity contribution in [2.45, 2.75) is 116 Å². The van der Waals surface area contributed by atoms with Crippen LogP contribution in [0.3, 0.4) is 0 Å². The van der Waals surface area contributed by atoms with E-state index in [1.807, 2.05) is 19.2 Å². The van der Waals surface area contributed by atoms with E-state index >= 15 is 0 Å². The largest absolute Gasteiger partial charge is 0.340 e. The molecular formula is C38H49F2N3O. The Morgan fingerprint density at radius 1 is 0.977 bits per heavy atom. The van der Waals surface area contributed by atoms with Crippen molar-refractivity contribution in [1.29, 1.82) is 0 Å². The predicted molar refractivity (Wildman–Crippen MR) is 176 cm³/mol. The monoisotopic (exact) mass is 601 g/mol. The number of amides is 1. The van der Waals surface area contributed by atoms with E-state index in [-0.39, 0.29) is 29.6 Å². The van der Waals surface area contributed by atoms with Gasteiger partial charge in [0.1, 0.15) is 11.6 Å². The molecule has 3 heterocycles. The lowest BCUT2D eigenvalue weighted by Crippen LogP contribution is -2.47. The number of aromatic nitrogens is 1. The van der Waals surface area contributed by atoms with Gasteiger partial charge in [0.2, 0.25) is 5.91 Å². The number of rotatable bonds is 9. The van der Waals surface area contributed by atoms with Gasteiger partial charge in [-0.25, -0.2) is 8.78 Å². The first-order valence-electron chi connectivity index (χ1n) is 17.2. The molecule has 6 heteroatoms. The summed E-state index contributed by atoms with van der Waals surface area (Å²) in [5.41, 5.74) is 8.14. The highest BCUT2D eigenvalue weighted by Crippen LogP contribution is 2.43. The summed E-state index contributed by atoms with van der Waals surface area (Å²) in [6.45, 7) is 5.94. The van der Waals surface area contributed by atoms with Crippen LogP contribution in [0.15, 0.2) is 36.4 Å². The number of fused-ring (bicyclic) bond motifs is 4. The summed E-state index contributed by atoms with van der Waals surface area (Å²) in [6, 6.07) is 10.5. The van der Waals surface area contributed by atoms with Crippen LogP contribution in [-0.2, 0) is 24.2 Å². The zero-order valence-electron chi connectivity index (χ0n) is 26.9. The quantitative estimate of drug-likeness (QED) is 0.266. The van der Waals surface area contributed by atoms with Gasteiger partial charge in [0.15, 0.2) is 0 Å². The molecule has 1 saturated carbocycles. The van der Waals surface area contributed by atoms with Crippen LogP contribution in [-0.4, -0.2) is 41.1 Å². The molecule has 2 fully saturated rings. The van der Waals surface area contributed by atoms with Crippen LogP contribution in [0.1, 0.15) is 107 Å². The molecule has 2 aliphatic heterocycles. The predicted octanol–water partition coefficient (Wildman–Crippen LogP) is 8.69. The van der Waals surface area contributed by atoms with Gasteiger partial charge in [-0.2, -0.15) is 0 Å². The van der Waals surface area contributed by atoms with Crippen molar-refractivity contribution >= 4 is 28.0 Å². The molecule has 44 heavy (non-hydrogen) atoms. The van der Waals surface area contributed by atoms with Gasteiger partial charge >= 0.3 is 0 Å². The number of halogens is 2. The maximum Gasteiger partial charge on any atom is 0.239 e. The second-order valence-corrected chi connectivity index (χ2v) is 13.5. The number of nitrogens with one attached hydrogen (secondary N) is 1. The van der Waals surface area contributed by atoms with Crippen molar-refractivity contribution in [1.82, 2.24) is 14.8 Å². The van der Waals surface area contributed by atoms with Crippen LogP contribution in [0.5, 0.6) is 0 Å². The molecule has 1 amide bonds. The maximum atomic E-state index is 14.9. The molecule has 2 aromatic carbocycles. The van der Waals surface area contributed by atoms with Crippen LogP contribution in [0.25, 0.3) is 22.0 Å². The fraction of sp³-hybridized carbons (Fsp3) is 0.553. The van der Waals surface area contributed by atoms with Gasteiger partial charge in [0.05, 0.1) is 11.6 Å². The number of nitrogens with zero attached hydrogens (tertiary/aromatic N) is 2. The summed E-state index contributed by atoms with van der Waals surface area (Å²) in [5.74, 6) is 0.427. The third kappa shape index (κ3) is 6.11. The van der Waals surface area contributed by atoms with Crippen molar-refractivity contribution in [3.63, 3.8) is 0 Å². The third-order valence-corrected chi connectivity index (χ3v) is 10.7. The second-order valence-electron chi connectivity index (χ2n) is 13.5. The molecule has 1 saturated heterocycles. The molecule has 0 bridgehead atoms. The number of likely N-dealkylation sites (tertiary alicyclic amines) is 1. The summed E-state index contributed by atoms with van der Waals surface area (Å²) in [7, 11) is 1.90. The van der Waals surface area contributed by atoms with Gasteiger partial charge in [-0.15, -0.1) is 0 Å². The standard InChI is InChI=1S/C38H49F2N3O/c1-4-5-14-35(41-3)38(44)42-19-9-13-30(42)24-34-32-18-16-29(40)23-36(32)43-20-8-12-27-22-28(39)15-17-31(27)33(25(2)37(34)43)21-26-10-6-7-11-26/h15-18,22-23,26,30,35,41H,4-14,19-21,24H2,1-3H3/b33-25+/t30-,35?/m0/s1. The van der Waals surface area contributed by atoms with Crippen molar-refractivity contribution in [2.75, 3.05) is 13.6 Å². The zero-order valence-corrected chi connectivity index (χ0v) is 26.9. The van der Waals surface area contributed by atoms with E-state index in [1.54, 1.807) is 24.3 Å². The fourth-order valence-electron chi connectivity index (χ4n) is 8.44. The van der Waals surface area contributed by atoms with Crippen LogP contribution in [0.4, 0.5) is 8.78 Å². The number of hydrogen-bond donors (Lipinski definition) is 1. The number of aryl methyl sites for hydroxylation is 2. The first kappa shape index (κ1) is 31.0. The molecule has 0 spiro atoms. The topological polar surface area (TPSA) is 37.3 Å². The molecule has 236 valence electrons. The molecule has 4 nitrogen and oxygen atoms in total. The minimum Gasteiger partial charge on any atom is -0.340 e. The highest BCUT2D eigenvalue weighted by Gasteiger charge is 2.35. The first-order valence-corrected chi connectivity index (χ1v) is 17.2. The number of hydrogen-bond acceptors (Lipinski definition) is 2. The lowest BCUT2D eigenvalue weighted by molar-refractivity contribution is -0.134. The maximum absolute atomic E-state index is 14.9. The average molecular weight is 602 g/mol. The van der Waals surface area contributed by atoms with E-state index < -0.39 is 0 Å². The minimum atomic E-state index is -0.229. The second kappa shape index (κ2) is 13.6. The molecule has 1 unspecified atom stereocenters. The summed E-state index contributed by atoms with van der Waals surface area (Å²) in [6.07, 6.45) is 13.3. The van der Waals surface area contributed by atoms with E-state index in [1.165, 1.54) is 53.7 Å². The van der Waals surface area contributed by atoms with Crippen molar-refractivity contribution in [2.24, 2.45) is 5.92 Å². The van der Waals surface area contributed by atoms with Gasteiger partial charge in [0, 0.05) is 30.2 Å².